The molecule has 0 saturated heterocycles. The van der Waals surface area contributed by atoms with Gasteiger partial charge in [-0.2, -0.15) is 0 Å². The second-order valence-corrected chi connectivity index (χ2v) is 6.60. The van der Waals surface area contributed by atoms with E-state index in [0.29, 0.717) is 5.41 Å². The highest BCUT2D eigenvalue weighted by Crippen LogP contribution is 2.43. The number of rotatable bonds is 6. The molecule has 0 aliphatic rings. The summed E-state index contributed by atoms with van der Waals surface area (Å²) < 4.78 is 0. The minimum atomic E-state index is 0.472. The molecule has 0 saturated carbocycles. The van der Waals surface area contributed by atoms with Gasteiger partial charge in [0, 0.05) is 0 Å². The molecule has 0 radical (unpaired) electrons. The van der Waals surface area contributed by atoms with Crippen molar-refractivity contribution in [1.29, 1.82) is 0 Å². The molecule has 0 aromatic carbocycles. The largest absolute Gasteiger partial charge is 0.0651 e. The second kappa shape index (κ2) is 5.92. The van der Waals surface area contributed by atoms with Gasteiger partial charge in [-0.1, -0.05) is 61.8 Å². The first-order chi connectivity index (χ1) is 6.73. The topological polar surface area (TPSA) is 0 Å². The molecule has 2 atom stereocenters. The Labute approximate surface area is 97.8 Å². The van der Waals surface area contributed by atoms with Crippen LogP contribution in [0.1, 0.15) is 68.2 Å². The fraction of sp³-hybridized carbons (Fsp3) is 1.00. The van der Waals surface area contributed by atoms with Gasteiger partial charge in [0.1, 0.15) is 0 Å². The number of hydrogen-bond acceptors (Lipinski definition) is 0. The smallest absolute Gasteiger partial charge is 0.0300 e. The van der Waals surface area contributed by atoms with Crippen LogP contribution in [0.15, 0.2) is 0 Å². The summed E-state index contributed by atoms with van der Waals surface area (Å²) in [6, 6.07) is 0. The maximum Gasteiger partial charge on any atom is -0.0300 e. The van der Waals surface area contributed by atoms with Gasteiger partial charge in [0.05, 0.1) is 0 Å². The van der Waals surface area contributed by atoms with Crippen molar-refractivity contribution in [1.82, 2.24) is 0 Å². The zero-order valence-corrected chi connectivity index (χ0v) is 12.2. The van der Waals surface area contributed by atoms with E-state index in [-0.39, 0.29) is 0 Å². The molecule has 0 N–H and O–H groups in total. The summed E-state index contributed by atoms with van der Waals surface area (Å²) >= 11 is 0. The first-order valence-electron chi connectivity index (χ1n) is 6.73. The predicted octanol–water partition coefficient (Wildman–Crippen LogP) is 5.38. The van der Waals surface area contributed by atoms with Gasteiger partial charge >= 0.3 is 0 Å². The normalized spacial score (nSPS) is 17.2. The van der Waals surface area contributed by atoms with E-state index in [9.17, 15) is 0 Å². The molecule has 0 heterocycles. The molecular formula is C15H32. The fourth-order valence-corrected chi connectivity index (χ4v) is 2.49. The first-order valence-corrected chi connectivity index (χ1v) is 6.73. The van der Waals surface area contributed by atoms with E-state index in [1.165, 1.54) is 12.8 Å². The van der Waals surface area contributed by atoms with Crippen LogP contribution in [-0.4, -0.2) is 0 Å². The lowest BCUT2D eigenvalue weighted by Crippen LogP contribution is -2.34. The highest BCUT2D eigenvalue weighted by atomic mass is 14.4. The van der Waals surface area contributed by atoms with Gasteiger partial charge in [-0.05, 0) is 35.5 Å². The Morgan fingerprint density at radius 1 is 0.933 bits per heavy atom. The standard InChI is InChI=1S/C15H32/c1-9-13(6)14(10-11(2)3)15(7,8)12(4)5/h11-14H,9-10H2,1-8H3. The predicted molar refractivity (Wildman–Crippen MR) is 71.0 cm³/mol. The van der Waals surface area contributed by atoms with Crippen LogP contribution in [0.3, 0.4) is 0 Å². The molecule has 15 heavy (non-hydrogen) atoms. The zero-order chi connectivity index (χ0) is 12.2. The van der Waals surface area contributed by atoms with E-state index in [0.717, 1.165) is 23.7 Å². The SMILES string of the molecule is CCC(C)C(CC(C)C)C(C)(C)C(C)C. The zero-order valence-electron chi connectivity index (χ0n) is 12.2. The van der Waals surface area contributed by atoms with E-state index in [1.807, 2.05) is 0 Å². The highest BCUT2D eigenvalue weighted by molar-refractivity contribution is 4.84. The summed E-state index contributed by atoms with van der Waals surface area (Å²) in [5, 5.41) is 0. The van der Waals surface area contributed by atoms with E-state index in [1.54, 1.807) is 0 Å². The summed E-state index contributed by atoms with van der Waals surface area (Å²) in [6.07, 6.45) is 2.69. The fourth-order valence-electron chi connectivity index (χ4n) is 2.49. The Kier molecular flexibility index (Phi) is 5.92. The van der Waals surface area contributed by atoms with Crippen LogP contribution in [-0.2, 0) is 0 Å². The molecule has 0 heteroatoms. The number of hydrogen-bond donors (Lipinski definition) is 0. The van der Waals surface area contributed by atoms with Crippen molar-refractivity contribution in [2.45, 2.75) is 68.2 Å². The molecule has 0 fully saturated rings. The van der Waals surface area contributed by atoms with Crippen LogP contribution in [0.25, 0.3) is 0 Å². The van der Waals surface area contributed by atoms with Gasteiger partial charge in [0.25, 0.3) is 0 Å². The minimum Gasteiger partial charge on any atom is -0.0651 e. The Morgan fingerprint density at radius 3 is 1.67 bits per heavy atom. The summed E-state index contributed by atoms with van der Waals surface area (Å²) in [4.78, 5) is 0. The average Bonchev–Trinajstić information content (AvgIpc) is 2.12. The molecule has 0 spiro atoms. The third kappa shape index (κ3) is 4.17. The van der Waals surface area contributed by atoms with Gasteiger partial charge in [0.15, 0.2) is 0 Å². The molecule has 0 aliphatic heterocycles. The second-order valence-electron chi connectivity index (χ2n) is 6.60. The highest BCUT2D eigenvalue weighted by Gasteiger charge is 2.35. The molecular weight excluding hydrogens is 180 g/mol. The Balaban J connectivity index is 4.76. The van der Waals surface area contributed by atoms with Gasteiger partial charge in [-0.3, -0.25) is 0 Å². The molecule has 2 unspecified atom stereocenters. The molecule has 0 aromatic rings. The Hall–Kier alpha value is 0. The molecule has 0 aliphatic carbocycles. The van der Waals surface area contributed by atoms with Crippen molar-refractivity contribution in [3.8, 4) is 0 Å². The Bertz CT molecular complexity index is 165. The van der Waals surface area contributed by atoms with Crippen molar-refractivity contribution in [3.05, 3.63) is 0 Å². The van der Waals surface area contributed by atoms with Crippen LogP contribution in [0.5, 0.6) is 0 Å². The third-order valence-corrected chi connectivity index (χ3v) is 4.50. The molecule has 92 valence electrons. The van der Waals surface area contributed by atoms with Crippen LogP contribution in [0.2, 0.25) is 0 Å². The molecule has 0 nitrogen and oxygen atoms in total. The maximum absolute atomic E-state index is 2.46. The lowest BCUT2D eigenvalue weighted by Gasteiger charge is -2.42. The first kappa shape index (κ1) is 15.0. The minimum absolute atomic E-state index is 0.472. The van der Waals surface area contributed by atoms with Crippen molar-refractivity contribution >= 4 is 0 Å². The lowest BCUT2D eigenvalue weighted by atomic mass is 9.63. The van der Waals surface area contributed by atoms with Gasteiger partial charge in [0.2, 0.25) is 0 Å². The van der Waals surface area contributed by atoms with Crippen LogP contribution >= 0.6 is 0 Å². The molecule has 0 amide bonds. The summed E-state index contributed by atoms with van der Waals surface area (Å²) in [5.41, 5.74) is 0.472. The summed E-state index contributed by atoms with van der Waals surface area (Å²) in [7, 11) is 0. The van der Waals surface area contributed by atoms with Crippen molar-refractivity contribution in [3.63, 3.8) is 0 Å². The quantitative estimate of drug-likeness (QED) is 0.554. The van der Waals surface area contributed by atoms with E-state index < -0.39 is 0 Å². The van der Waals surface area contributed by atoms with Crippen LogP contribution in [0.4, 0.5) is 0 Å². The Morgan fingerprint density at radius 2 is 1.40 bits per heavy atom. The molecule has 0 aromatic heterocycles. The van der Waals surface area contributed by atoms with Crippen LogP contribution in [0, 0.1) is 29.1 Å². The van der Waals surface area contributed by atoms with E-state index >= 15 is 0 Å². The van der Waals surface area contributed by atoms with Crippen LogP contribution < -0.4 is 0 Å². The third-order valence-electron chi connectivity index (χ3n) is 4.50. The average molecular weight is 212 g/mol. The molecule has 0 bridgehead atoms. The lowest BCUT2D eigenvalue weighted by molar-refractivity contribution is 0.0704. The van der Waals surface area contributed by atoms with Gasteiger partial charge < -0.3 is 0 Å². The maximum atomic E-state index is 2.46. The van der Waals surface area contributed by atoms with E-state index in [2.05, 4.69) is 55.4 Å². The molecule has 0 rings (SSSR count). The van der Waals surface area contributed by atoms with Gasteiger partial charge in [-0.15, -0.1) is 0 Å². The van der Waals surface area contributed by atoms with Crippen molar-refractivity contribution in [2.75, 3.05) is 0 Å². The van der Waals surface area contributed by atoms with Crippen molar-refractivity contribution in [2.24, 2.45) is 29.1 Å². The summed E-state index contributed by atoms with van der Waals surface area (Å²) in [5.74, 6) is 3.31. The summed E-state index contributed by atoms with van der Waals surface area (Å²) in [6.45, 7) is 19.1. The van der Waals surface area contributed by atoms with Gasteiger partial charge in [-0.25, -0.2) is 0 Å². The van der Waals surface area contributed by atoms with E-state index in [4.69, 9.17) is 0 Å². The monoisotopic (exact) mass is 212 g/mol. The van der Waals surface area contributed by atoms with Crippen molar-refractivity contribution < 1.29 is 0 Å².